The highest BCUT2D eigenvalue weighted by atomic mass is 32.2. The molecule has 0 fully saturated rings. The molecule has 0 unspecified atom stereocenters. The van der Waals surface area contributed by atoms with Crippen LogP contribution in [-0.4, -0.2) is 31.2 Å². The van der Waals surface area contributed by atoms with E-state index in [1.54, 1.807) is 0 Å². The number of benzene rings is 2. The summed E-state index contributed by atoms with van der Waals surface area (Å²) < 4.78 is 27.3. The monoisotopic (exact) mass is 382 g/mol. The number of hydrogen-bond acceptors (Lipinski definition) is 5. The van der Waals surface area contributed by atoms with Gasteiger partial charge in [-0.3, -0.25) is 4.18 Å². The lowest BCUT2D eigenvalue weighted by atomic mass is 10.1. The smallest absolute Gasteiger partial charge is 0.264 e. The Morgan fingerprint density at radius 2 is 1.67 bits per heavy atom. The highest BCUT2D eigenvalue weighted by Crippen LogP contribution is 2.20. The van der Waals surface area contributed by atoms with Crippen LogP contribution in [0.15, 0.2) is 60.7 Å². The van der Waals surface area contributed by atoms with Gasteiger partial charge in [-0.2, -0.15) is 8.42 Å². The Balaban J connectivity index is 1.90. The lowest BCUT2D eigenvalue weighted by Gasteiger charge is -2.09. The van der Waals surface area contributed by atoms with Crippen molar-refractivity contribution in [2.24, 2.45) is 0 Å². The van der Waals surface area contributed by atoms with E-state index in [0.29, 0.717) is 18.7 Å². The van der Waals surface area contributed by atoms with E-state index in [4.69, 9.17) is 9.17 Å². The summed E-state index contributed by atoms with van der Waals surface area (Å²) in [6, 6.07) is 20.1. The van der Waals surface area contributed by atoms with Gasteiger partial charge in [0.25, 0.3) is 10.1 Å². The third kappa shape index (κ3) is 5.98. The molecule has 0 saturated carbocycles. The van der Waals surface area contributed by atoms with Crippen LogP contribution in [0.4, 0.5) is 0 Å². The lowest BCUT2D eigenvalue weighted by molar-refractivity contribution is 0.324. The Bertz CT molecular complexity index is 1000. The summed E-state index contributed by atoms with van der Waals surface area (Å²) in [5, 5.41) is 0. The highest BCUT2D eigenvalue weighted by Gasteiger charge is 2.09. The van der Waals surface area contributed by atoms with E-state index in [0.717, 1.165) is 28.8 Å². The quantitative estimate of drug-likeness (QED) is 0.585. The van der Waals surface area contributed by atoms with Crippen molar-refractivity contribution < 1.29 is 12.6 Å². The summed E-state index contributed by atoms with van der Waals surface area (Å²) in [6.45, 7) is 2.10. The number of hydrogen-bond donors (Lipinski definition) is 0. The Morgan fingerprint density at radius 3 is 2.33 bits per heavy atom. The third-order valence-corrected chi connectivity index (χ3v) is 4.63. The Kier molecular flexibility index (Phi) is 5.98. The van der Waals surface area contributed by atoms with Crippen molar-refractivity contribution in [3.05, 3.63) is 83.3 Å². The number of nitrogens with zero attached hydrogens (tertiary/aromatic N) is 2. The molecule has 0 atom stereocenters. The average Bonchev–Trinajstić information content (AvgIpc) is 2.62. The molecule has 0 aliphatic rings. The second-order valence-electron chi connectivity index (χ2n) is 6.47. The van der Waals surface area contributed by atoms with Gasteiger partial charge in [-0.25, -0.2) is 9.97 Å². The minimum atomic E-state index is -3.46. The zero-order valence-electron chi connectivity index (χ0n) is 15.4. The number of aromatic nitrogens is 2. The van der Waals surface area contributed by atoms with Crippen molar-refractivity contribution in [1.29, 1.82) is 0 Å². The van der Waals surface area contributed by atoms with Crippen LogP contribution in [0.2, 0.25) is 0 Å². The minimum absolute atomic E-state index is 0.0635. The molecule has 3 rings (SSSR count). The van der Waals surface area contributed by atoms with Crippen molar-refractivity contribution >= 4 is 10.1 Å². The standard InChI is InChI=1S/C21H22N2O3S/c1-16-8-10-18(11-9-16)20-15-19(12-13-26-27(2,24)25)22-21(23-20)14-17-6-4-3-5-7-17/h3-11,15H,12-14H2,1-2H3. The summed E-state index contributed by atoms with van der Waals surface area (Å²) in [7, 11) is -3.46. The Labute approximate surface area is 160 Å². The molecule has 2 aromatic carbocycles. The third-order valence-electron chi connectivity index (χ3n) is 4.03. The zero-order valence-corrected chi connectivity index (χ0v) is 16.2. The maximum absolute atomic E-state index is 11.2. The van der Waals surface area contributed by atoms with E-state index in [1.807, 2.05) is 67.6 Å². The second-order valence-corrected chi connectivity index (χ2v) is 8.11. The van der Waals surface area contributed by atoms with Crippen LogP contribution >= 0.6 is 0 Å². The first-order valence-electron chi connectivity index (χ1n) is 8.71. The molecule has 0 spiro atoms. The fourth-order valence-corrected chi connectivity index (χ4v) is 3.09. The van der Waals surface area contributed by atoms with Gasteiger partial charge in [-0.05, 0) is 18.6 Å². The van der Waals surface area contributed by atoms with Gasteiger partial charge < -0.3 is 0 Å². The molecule has 140 valence electrons. The molecular formula is C21H22N2O3S. The first-order valence-corrected chi connectivity index (χ1v) is 10.5. The van der Waals surface area contributed by atoms with Crippen LogP contribution in [0.25, 0.3) is 11.3 Å². The van der Waals surface area contributed by atoms with E-state index in [9.17, 15) is 8.42 Å². The van der Waals surface area contributed by atoms with Crippen LogP contribution in [0.3, 0.4) is 0 Å². The summed E-state index contributed by atoms with van der Waals surface area (Å²) in [5.41, 5.74) is 4.89. The Hall–Kier alpha value is -2.57. The first kappa shape index (κ1) is 19.2. The van der Waals surface area contributed by atoms with Crippen LogP contribution in [0.1, 0.15) is 22.6 Å². The lowest BCUT2D eigenvalue weighted by Crippen LogP contribution is -2.09. The average molecular weight is 382 g/mol. The summed E-state index contributed by atoms with van der Waals surface area (Å²) in [6.07, 6.45) is 2.06. The van der Waals surface area contributed by atoms with Crippen LogP contribution in [0.5, 0.6) is 0 Å². The molecule has 27 heavy (non-hydrogen) atoms. The largest absolute Gasteiger partial charge is 0.270 e. The van der Waals surface area contributed by atoms with Crippen molar-refractivity contribution in [3.63, 3.8) is 0 Å². The fraction of sp³-hybridized carbons (Fsp3) is 0.238. The van der Waals surface area contributed by atoms with Crippen LogP contribution < -0.4 is 0 Å². The molecule has 0 bridgehead atoms. The molecule has 0 amide bonds. The summed E-state index contributed by atoms with van der Waals surface area (Å²) in [4.78, 5) is 9.32. The molecule has 0 N–H and O–H groups in total. The van der Waals surface area contributed by atoms with Crippen LogP contribution in [0, 0.1) is 6.92 Å². The molecule has 0 aliphatic heterocycles. The normalized spacial score (nSPS) is 11.5. The molecule has 1 heterocycles. The summed E-state index contributed by atoms with van der Waals surface area (Å²) >= 11 is 0. The van der Waals surface area contributed by atoms with E-state index in [1.165, 1.54) is 5.56 Å². The maximum Gasteiger partial charge on any atom is 0.264 e. The minimum Gasteiger partial charge on any atom is -0.270 e. The van der Waals surface area contributed by atoms with Gasteiger partial charge in [0.2, 0.25) is 0 Å². The molecule has 0 aliphatic carbocycles. The van der Waals surface area contributed by atoms with Crippen molar-refractivity contribution in [1.82, 2.24) is 9.97 Å². The van der Waals surface area contributed by atoms with Crippen molar-refractivity contribution in [3.8, 4) is 11.3 Å². The topological polar surface area (TPSA) is 69.2 Å². The van der Waals surface area contributed by atoms with Gasteiger partial charge in [0.1, 0.15) is 5.82 Å². The molecule has 0 radical (unpaired) electrons. The van der Waals surface area contributed by atoms with Gasteiger partial charge in [-0.1, -0.05) is 60.2 Å². The fourth-order valence-electron chi connectivity index (χ4n) is 2.71. The maximum atomic E-state index is 11.2. The molecular weight excluding hydrogens is 360 g/mol. The molecule has 1 aromatic heterocycles. The SMILES string of the molecule is Cc1ccc(-c2cc(CCOS(C)(=O)=O)nc(Cc3ccccc3)n2)cc1. The predicted molar refractivity (Wildman–Crippen MR) is 106 cm³/mol. The van der Waals surface area contributed by atoms with E-state index in [2.05, 4.69) is 4.98 Å². The number of aryl methyl sites for hydroxylation is 1. The van der Waals surface area contributed by atoms with Gasteiger partial charge in [0, 0.05) is 24.1 Å². The Morgan fingerprint density at radius 1 is 0.963 bits per heavy atom. The van der Waals surface area contributed by atoms with Crippen LogP contribution in [-0.2, 0) is 27.1 Å². The van der Waals surface area contributed by atoms with Gasteiger partial charge in [0.15, 0.2) is 0 Å². The summed E-state index contributed by atoms with van der Waals surface area (Å²) in [5.74, 6) is 0.702. The van der Waals surface area contributed by atoms with Crippen molar-refractivity contribution in [2.75, 3.05) is 12.9 Å². The van der Waals surface area contributed by atoms with E-state index in [-0.39, 0.29) is 6.61 Å². The van der Waals surface area contributed by atoms with Crippen molar-refractivity contribution in [2.45, 2.75) is 19.8 Å². The molecule has 0 saturated heterocycles. The molecule has 3 aromatic rings. The van der Waals surface area contributed by atoms with Gasteiger partial charge in [-0.15, -0.1) is 0 Å². The van der Waals surface area contributed by atoms with E-state index >= 15 is 0 Å². The predicted octanol–water partition coefficient (Wildman–Crippen LogP) is 3.56. The molecule has 6 heteroatoms. The van der Waals surface area contributed by atoms with Gasteiger partial charge in [0.05, 0.1) is 18.6 Å². The zero-order chi connectivity index (χ0) is 19.3. The first-order chi connectivity index (χ1) is 12.9. The second kappa shape index (κ2) is 8.41. The molecule has 5 nitrogen and oxygen atoms in total. The highest BCUT2D eigenvalue weighted by molar-refractivity contribution is 7.85. The number of rotatable bonds is 7. The van der Waals surface area contributed by atoms with Gasteiger partial charge >= 0.3 is 0 Å². The van der Waals surface area contributed by atoms with E-state index < -0.39 is 10.1 Å².